The maximum Gasteiger partial charge on any atom is 0.342 e. The highest BCUT2D eigenvalue weighted by atomic mass is 31.2. The summed E-state index contributed by atoms with van der Waals surface area (Å²) in [7, 11) is -1.05. The molecule has 9 nitrogen and oxygen atoms in total. The second kappa shape index (κ2) is 10.8. The molecule has 0 spiro atoms. The van der Waals surface area contributed by atoms with E-state index in [0.717, 1.165) is 18.2 Å². The molecule has 176 valence electrons. The molecular weight excluding hydrogens is 439 g/mol. The number of aromatic hydroxyl groups is 1. The van der Waals surface area contributed by atoms with Gasteiger partial charge in [0, 0.05) is 18.2 Å². The molecule has 10 heteroatoms. The summed E-state index contributed by atoms with van der Waals surface area (Å²) >= 11 is 0. The predicted octanol–water partition coefficient (Wildman–Crippen LogP) is 3.74. The number of carbonyl (C=O) groups excluding carboxylic acids is 1. The van der Waals surface area contributed by atoms with Crippen molar-refractivity contribution in [1.82, 2.24) is 0 Å². The lowest BCUT2D eigenvalue weighted by Crippen LogP contribution is -2.13. The summed E-state index contributed by atoms with van der Waals surface area (Å²) < 4.78 is 26.4. The van der Waals surface area contributed by atoms with E-state index >= 15 is 0 Å². The Hall–Kier alpha value is -2.61. The minimum Gasteiger partial charge on any atom is -0.507 e. The van der Waals surface area contributed by atoms with Gasteiger partial charge in [0.25, 0.3) is 0 Å². The number of benzene rings is 1. The zero-order valence-corrected chi connectivity index (χ0v) is 19.5. The van der Waals surface area contributed by atoms with Crippen LogP contribution in [-0.2, 0) is 31.6 Å². The van der Waals surface area contributed by atoms with Crippen LogP contribution in [0.3, 0.4) is 0 Å². The number of rotatable bonds is 11. The number of aliphatic carboxylic acids is 1. The van der Waals surface area contributed by atoms with Crippen LogP contribution in [0, 0.1) is 12.8 Å². The third kappa shape index (κ3) is 6.00. The van der Waals surface area contributed by atoms with Crippen LogP contribution in [0.4, 0.5) is 0 Å². The average Bonchev–Trinajstić information content (AvgIpc) is 3.13. The van der Waals surface area contributed by atoms with Gasteiger partial charge in [-0.2, -0.15) is 0 Å². The number of ether oxygens (including phenoxy) is 2. The molecule has 1 aromatic rings. The fourth-order valence-corrected chi connectivity index (χ4v) is 4.16. The maximum atomic E-state index is 12.0. The van der Waals surface area contributed by atoms with Gasteiger partial charge < -0.3 is 29.1 Å². The Kier molecular flexibility index (Phi) is 8.66. The Morgan fingerprint density at radius 1 is 1.31 bits per heavy atom. The van der Waals surface area contributed by atoms with Crippen molar-refractivity contribution in [3.05, 3.63) is 46.1 Å². The molecule has 0 aliphatic carbocycles. The molecule has 0 saturated carbocycles. The van der Waals surface area contributed by atoms with E-state index < -0.39 is 25.5 Å². The predicted molar refractivity (Wildman–Crippen MR) is 117 cm³/mol. The van der Waals surface area contributed by atoms with Gasteiger partial charge in [0.1, 0.15) is 23.7 Å². The number of phenolic OH excluding ortho intramolecular Hbond substituents is 1. The average molecular weight is 468 g/mol. The SMILES string of the molecule is COc1c(C)c2c(c(O)c1C/C=C(\C)CC(C/C=C/CP(=O)(O)OC)C(=O)O)C(=O)OC2. The molecule has 0 fully saturated rings. The van der Waals surface area contributed by atoms with Crippen molar-refractivity contribution in [2.24, 2.45) is 5.92 Å². The van der Waals surface area contributed by atoms with Crippen LogP contribution in [-0.4, -0.2) is 47.4 Å². The molecule has 0 saturated heterocycles. The topological polar surface area (TPSA) is 140 Å². The molecule has 32 heavy (non-hydrogen) atoms. The van der Waals surface area contributed by atoms with Crippen molar-refractivity contribution in [2.45, 2.75) is 39.7 Å². The number of phenols is 1. The van der Waals surface area contributed by atoms with Crippen molar-refractivity contribution in [3.8, 4) is 11.5 Å². The first-order chi connectivity index (χ1) is 15.0. The molecule has 0 aromatic heterocycles. The molecule has 0 bridgehead atoms. The first-order valence-corrected chi connectivity index (χ1v) is 11.8. The van der Waals surface area contributed by atoms with Crippen LogP contribution in [0.15, 0.2) is 23.8 Å². The molecule has 1 aromatic carbocycles. The molecule has 3 N–H and O–H groups in total. The first-order valence-electron chi connectivity index (χ1n) is 10.0. The number of esters is 1. The first kappa shape index (κ1) is 25.6. The van der Waals surface area contributed by atoms with E-state index in [0.29, 0.717) is 16.9 Å². The number of carbonyl (C=O) groups is 2. The molecule has 0 radical (unpaired) electrons. The Morgan fingerprint density at radius 2 is 2.00 bits per heavy atom. The van der Waals surface area contributed by atoms with Crippen LogP contribution >= 0.6 is 7.60 Å². The van der Waals surface area contributed by atoms with E-state index in [-0.39, 0.29) is 43.3 Å². The monoisotopic (exact) mass is 468 g/mol. The number of fused-ring (bicyclic) bond motifs is 1. The number of carboxylic acids is 1. The van der Waals surface area contributed by atoms with E-state index in [1.807, 2.05) is 0 Å². The van der Waals surface area contributed by atoms with Crippen LogP contribution in [0.1, 0.15) is 46.8 Å². The van der Waals surface area contributed by atoms with E-state index in [9.17, 15) is 29.3 Å². The van der Waals surface area contributed by atoms with E-state index in [2.05, 4.69) is 4.52 Å². The zero-order valence-electron chi connectivity index (χ0n) is 18.6. The molecule has 2 atom stereocenters. The largest absolute Gasteiger partial charge is 0.507 e. The highest BCUT2D eigenvalue weighted by Crippen LogP contribution is 2.42. The molecular formula is C22H29O9P. The molecule has 2 rings (SSSR count). The fraction of sp³-hybridized carbons (Fsp3) is 0.455. The third-order valence-corrected chi connectivity index (χ3v) is 6.67. The lowest BCUT2D eigenvalue weighted by molar-refractivity contribution is -0.141. The Balaban J connectivity index is 2.16. The second-order valence-corrected chi connectivity index (χ2v) is 9.62. The van der Waals surface area contributed by atoms with Gasteiger partial charge in [-0.1, -0.05) is 23.8 Å². The van der Waals surface area contributed by atoms with Gasteiger partial charge in [-0.05, 0) is 38.7 Å². The molecule has 0 amide bonds. The van der Waals surface area contributed by atoms with Crippen molar-refractivity contribution >= 4 is 19.5 Å². The fourth-order valence-electron chi connectivity index (χ4n) is 3.59. The zero-order chi connectivity index (χ0) is 24.1. The summed E-state index contributed by atoms with van der Waals surface area (Å²) in [6, 6.07) is 0. The molecule has 1 aliphatic rings. The number of cyclic esters (lactones) is 1. The number of hydrogen-bond acceptors (Lipinski definition) is 7. The molecule has 2 unspecified atom stereocenters. The van der Waals surface area contributed by atoms with Gasteiger partial charge in [0.05, 0.1) is 19.2 Å². The second-order valence-electron chi connectivity index (χ2n) is 7.62. The Bertz CT molecular complexity index is 994. The van der Waals surface area contributed by atoms with Gasteiger partial charge in [-0.15, -0.1) is 0 Å². The van der Waals surface area contributed by atoms with Crippen molar-refractivity contribution in [3.63, 3.8) is 0 Å². The van der Waals surface area contributed by atoms with Crippen molar-refractivity contribution in [2.75, 3.05) is 20.4 Å². The van der Waals surface area contributed by atoms with Gasteiger partial charge in [-0.3, -0.25) is 9.36 Å². The van der Waals surface area contributed by atoms with Crippen LogP contribution in [0.25, 0.3) is 0 Å². The smallest absolute Gasteiger partial charge is 0.342 e. The highest BCUT2D eigenvalue weighted by molar-refractivity contribution is 7.53. The van der Waals surface area contributed by atoms with Gasteiger partial charge >= 0.3 is 19.5 Å². The van der Waals surface area contributed by atoms with Gasteiger partial charge in [0.2, 0.25) is 0 Å². The normalized spacial score (nSPS) is 16.5. The van der Waals surface area contributed by atoms with Gasteiger partial charge in [-0.25, -0.2) is 4.79 Å². The molecule has 1 heterocycles. The standard InChI is InChI=1S/C22H29O9P/c1-13(11-15(21(24)25)7-5-6-10-32(27,28)30-4)8-9-16-19(23)18-17(12-31-22(18)26)14(2)20(16)29-3/h5-6,8,15,23H,7,9-12H2,1-4H3,(H,24,25)(H,27,28)/b6-5+,13-8+. The Labute approximate surface area is 186 Å². The number of methoxy groups -OCH3 is 1. The summed E-state index contributed by atoms with van der Waals surface area (Å²) in [6.45, 7) is 3.66. The van der Waals surface area contributed by atoms with E-state index in [1.54, 1.807) is 26.0 Å². The number of carboxylic acid groups (broad SMARTS) is 1. The van der Waals surface area contributed by atoms with Crippen LogP contribution < -0.4 is 4.74 Å². The summed E-state index contributed by atoms with van der Waals surface area (Å²) in [5.74, 6) is -2.01. The number of allylic oxidation sites excluding steroid dienone is 4. The highest BCUT2D eigenvalue weighted by Gasteiger charge is 2.32. The van der Waals surface area contributed by atoms with Gasteiger partial charge in [0.15, 0.2) is 0 Å². The van der Waals surface area contributed by atoms with Crippen molar-refractivity contribution in [1.29, 1.82) is 0 Å². The summed E-state index contributed by atoms with van der Waals surface area (Å²) in [6.07, 6.45) is 5.26. The quantitative estimate of drug-likeness (QED) is 0.252. The minimum absolute atomic E-state index is 0.0863. The minimum atomic E-state index is -3.67. The van der Waals surface area contributed by atoms with Crippen LogP contribution in [0.5, 0.6) is 11.5 Å². The lowest BCUT2D eigenvalue weighted by atomic mass is 9.93. The Morgan fingerprint density at radius 3 is 2.59 bits per heavy atom. The molecule has 1 aliphatic heterocycles. The van der Waals surface area contributed by atoms with Crippen molar-refractivity contribution < 1.29 is 43.3 Å². The van der Waals surface area contributed by atoms with E-state index in [4.69, 9.17) is 9.47 Å². The summed E-state index contributed by atoms with van der Waals surface area (Å²) in [5.41, 5.74) is 2.69. The summed E-state index contributed by atoms with van der Waals surface area (Å²) in [4.78, 5) is 33.0. The van der Waals surface area contributed by atoms with E-state index in [1.165, 1.54) is 13.2 Å². The number of hydrogen-bond donors (Lipinski definition) is 3. The summed E-state index contributed by atoms with van der Waals surface area (Å²) in [5, 5.41) is 20.2. The van der Waals surface area contributed by atoms with Crippen LogP contribution in [0.2, 0.25) is 0 Å². The lowest BCUT2D eigenvalue weighted by Gasteiger charge is -2.16. The maximum absolute atomic E-state index is 12.0. The third-order valence-electron chi connectivity index (χ3n) is 5.43.